The van der Waals surface area contributed by atoms with Crippen molar-refractivity contribution in [2.45, 2.75) is 13.5 Å². The second kappa shape index (κ2) is 6.63. The van der Waals surface area contributed by atoms with E-state index in [9.17, 15) is 4.79 Å². The Balaban J connectivity index is 1.74. The zero-order chi connectivity index (χ0) is 18.3. The number of nitrogens with one attached hydrogen (secondary N) is 1. The molecule has 0 radical (unpaired) electrons. The fourth-order valence-electron chi connectivity index (χ4n) is 3.22. The molecule has 0 aliphatic carbocycles. The Kier molecular flexibility index (Phi) is 4.31. The van der Waals surface area contributed by atoms with Gasteiger partial charge in [-0.2, -0.15) is 0 Å². The lowest BCUT2D eigenvalue weighted by Gasteiger charge is -2.07. The lowest BCUT2D eigenvalue weighted by molar-refractivity contribution is 0.102. The molecule has 0 bridgehead atoms. The van der Waals surface area contributed by atoms with Crippen LogP contribution in [0.3, 0.4) is 0 Å². The van der Waals surface area contributed by atoms with Gasteiger partial charge in [-0.3, -0.25) is 4.79 Å². The molecule has 4 rings (SSSR count). The maximum atomic E-state index is 12.5. The Hall–Kier alpha value is -2.56. The molecule has 1 N–H and O–H groups in total. The van der Waals surface area contributed by atoms with Gasteiger partial charge in [0, 0.05) is 40.2 Å². The molecule has 2 aromatic heterocycles. The molecule has 2 aromatic carbocycles. The first-order chi connectivity index (χ1) is 12.6. The van der Waals surface area contributed by atoms with Crippen molar-refractivity contribution in [3.05, 3.63) is 70.5 Å². The van der Waals surface area contributed by atoms with Crippen LogP contribution in [-0.4, -0.2) is 15.5 Å². The molecule has 2 heterocycles. The molecule has 0 aliphatic heterocycles. The molecule has 6 heteroatoms. The van der Waals surface area contributed by atoms with Crippen LogP contribution in [-0.2, 0) is 6.54 Å². The molecule has 0 atom stereocenters. The first-order valence-electron chi connectivity index (χ1n) is 8.22. The summed E-state index contributed by atoms with van der Waals surface area (Å²) in [4.78, 5) is 16.4. The molecule has 26 heavy (non-hydrogen) atoms. The van der Waals surface area contributed by atoms with Crippen LogP contribution in [0.4, 0.5) is 5.69 Å². The fraction of sp³-hybridized carbons (Fsp3) is 0.100. The number of amides is 1. The van der Waals surface area contributed by atoms with Gasteiger partial charge < -0.3 is 9.88 Å². The number of pyridine rings is 1. The predicted molar refractivity (Wildman–Crippen MR) is 107 cm³/mol. The third kappa shape index (κ3) is 2.81. The topological polar surface area (TPSA) is 46.9 Å². The van der Waals surface area contributed by atoms with E-state index < -0.39 is 0 Å². The highest BCUT2D eigenvalue weighted by Gasteiger charge is 2.12. The van der Waals surface area contributed by atoms with Gasteiger partial charge in [0.2, 0.25) is 0 Å². The van der Waals surface area contributed by atoms with E-state index >= 15 is 0 Å². The van der Waals surface area contributed by atoms with E-state index in [0.717, 1.165) is 22.8 Å². The Bertz CT molecular complexity index is 1150. The van der Waals surface area contributed by atoms with E-state index in [2.05, 4.69) is 33.9 Å². The number of aromatic nitrogens is 2. The summed E-state index contributed by atoms with van der Waals surface area (Å²) in [6, 6.07) is 15.7. The van der Waals surface area contributed by atoms with Crippen LogP contribution in [0, 0.1) is 0 Å². The molecule has 4 aromatic rings. The SMILES string of the molecule is CCn1c2ccccc2c2cc(NC(=O)c3cnc(Cl)c(Cl)c3)ccc21. The van der Waals surface area contributed by atoms with Crippen LogP contribution in [0.2, 0.25) is 10.2 Å². The number of hydrogen-bond donors (Lipinski definition) is 1. The molecule has 0 aliphatic rings. The first-order valence-corrected chi connectivity index (χ1v) is 8.97. The number of para-hydroxylation sites is 1. The van der Waals surface area contributed by atoms with E-state index in [1.807, 2.05) is 30.3 Å². The molecular weight excluding hydrogens is 369 g/mol. The molecular formula is C20H15Cl2N3O. The summed E-state index contributed by atoms with van der Waals surface area (Å²) in [5.74, 6) is -0.283. The van der Waals surface area contributed by atoms with Gasteiger partial charge in [-0.1, -0.05) is 41.4 Å². The molecule has 0 fully saturated rings. The number of halogens is 2. The summed E-state index contributed by atoms with van der Waals surface area (Å²) in [5, 5.41) is 5.60. The minimum Gasteiger partial charge on any atom is -0.341 e. The highest BCUT2D eigenvalue weighted by atomic mass is 35.5. The predicted octanol–water partition coefficient (Wildman–Crippen LogP) is 5.77. The Morgan fingerprint density at radius 3 is 2.62 bits per heavy atom. The van der Waals surface area contributed by atoms with E-state index in [-0.39, 0.29) is 16.1 Å². The zero-order valence-electron chi connectivity index (χ0n) is 14.0. The average molecular weight is 384 g/mol. The summed E-state index contributed by atoms with van der Waals surface area (Å²) in [6.45, 7) is 3.00. The number of carbonyl (C=O) groups excluding carboxylic acids is 1. The van der Waals surface area contributed by atoms with Gasteiger partial charge in [0.15, 0.2) is 0 Å². The number of nitrogens with zero attached hydrogens (tertiary/aromatic N) is 2. The van der Waals surface area contributed by atoms with Crippen molar-refractivity contribution in [2.75, 3.05) is 5.32 Å². The fourth-order valence-corrected chi connectivity index (χ4v) is 3.49. The first kappa shape index (κ1) is 16.9. The third-order valence-corrected chi connectivity index (χ3v) is 5.09. The van der Waals surface area contributed by atoms with Crippen molar-refractivity contribution in [3.8, 4) is 0 Å². The number of rotatable bonds is 3. The van der Waals surface area contributed by atoms with Crippen LogP contribution in [0.5, 0.6) is 0 Å². The number of carbonyl (C=O) groups is 1. The van der Waals surface area contributed by atoms with Crippen molar-refractivity contribution in [3.63, 3.8) is 0 Å². The zero-order valence-corrected chi connectivity index (χ0v) is 15.5. The van der Waals surface area contributed by atoms with Crippen LogP contribution in [0.25, 0.3) is 21.8 Å². The molecule has 0 spiro atoms. The van der Waals surface area contributed by atoms with Gasteiger partial charge in [-0.05, 0) is 37.3 Å². The van der Waals surface area contributed by atoms with Gasteiger partial charge in [0.05, 0.1) is 10.6 Å². The summed E-state index contributed by atoms with van der Waals surface area (Å²) < 4.78 is 2.26. The molecule has 0 saturated carbocycles. The van der Waals surface area contributed by atoms with Crippen molar-refractivity contribution in [2.24, 2.45) is 0 Å². The molecule has 1 amide bonds. The Labute approximate surface area is 160 Å². The van der Waals surface area contributed by atoms with Crippen LogP contribution < -0.4 is 5.32 Å². The number of fused-ring (bicyclic) bond motifs is 3. The second-order valence-corrected chi connectivity index (χ2v) is 6.71. The summed E-state index contributed by atoms with van der Waals surface area (Å²) >= 11 is 11.8. The van der Waals surface area contributed by atoms with Gasteiger partial charge in [0.1, 0.15) is 5.15 Å². The lowest BCUT2D eigenvalue weighted by atomic mass is 10.1. The monoisotopic (exact) mass is 383 g/mol. The molecule has 130 valence electrons. The maximum Gasteiger partial charge on any atom is 0.257 e. The van der Waals surface area contributed by atoms with Gasteiger partial charge in [0.25, 0.3) is 5.91 Å². The largest absolute Gasteiger partial charge is 0.341 e. The van der Waals surface area contributed by atoms with Crippen molar-refractivity contribution in [1.29, 1.82) is 0 Å². The minimum absolute atomic E-state index is 0.178. The maximum absolute atomic E-state index is 12.5. The van der Waals surface area contributed by atoms with E-state index in [1.165, 1.54) is 17.8 Å². The van der Waals surface area contributed by atoms with Crippen molar-refractivity contribution in [1.82, 2.24) is 9.55 Å². The smallest absolute Gasteiger partial charge is 0.257 e. The second-order valence-electron chi connectivity index (χ2n) is 5.94. The Morgan fingerprint density at radius 1 is 1.08 bits per heavy atom. The van der Waals surface area contributed by atoms with Crippen molar-refractivity contribution < 1.29 is 4.79 Å². The van der Waals surface area contributed by atoms with E-state index in [0.29, 0.717) is 11.3 Å². The van der Waals surface area contributed by atoms with Crippen LogP contribution >= 0.6 is 23.2 Å². The van der Waals surface area contributed by atoms with Crippen LogP contribution in [0.15, 0.2) is 54.7 Å². The quantitative estimate of drug-likeness (QED) is 0.456. The normalized spacial score (nSPS) is 11.2. The highest BCUT2D eigenvalue weighted by Crippen LogP contribution is 2.31. The number of benzene rings is 2. The van der Waals surface area contributed by atoms with Crippen molar-refractivity contribution >= 4 is 56.6 Å². The van der Waals surface area contributed by atoms with Crippen LogP contribution in [0.1, 0.15) is 17.3 Å². The molecule has 4 nitrogen and oxygen atoms in total. The average Bonchev–Trinajstić information content (AvgIpc) is 2.97. The molecule has 0 saturated heterocycles. The highest BCUT2D eigenvalue weighted by molar-refractivity contribution is 6.41. The number of aryl methyl sites for hydroxylation is 1. The summed E-state index contributed by atoms with van der Waals surface area (Å²) in [6.07, 6.45) is 1.41. The number of hydrogen-bond acceptors (Lipinski definition) is 2. The number of anilines is 1. The van der Waals surface area contributed by atoms with E-state index in [4.69, 9.17) is 23.2 Å². The minimum atomic E-state index is -0.283. The lowest BCUT2D eigenvalue weighted by Crippen LogP contribution is -2.12. The van der Waals surface area contributed by atoms with Gasteiger partial charge in [-0.15, -0.1) is 0 Å². The van der Waals surface area contributed by atoms with Gasteiger partial charge >= 0.3 is 0 Å². The van der Waals surface area contributed by atoms with E-state index in [1.54, 1.807) is 0 Å². The summed E-state index contributed by atoms with van der Waals surface area (Å²) in [5.41, 5.74) is 3.40. The molecule has 0 unspecified atom stereocenters. The standard InChI is InChI=1S/C20H15Cl2N3O/c1-2-25-17-6-4-3-5-14(17)15-10-13(7-8-18(15)25)24-20(26)12-9-16(21)19(22)23-11-12/h3-11H,2H2,1H3,(H,24,26). The third-order valence-electron chi connectivity index (χ3n) is 4.40. The summed E-state index contributed by atoms with van der Waals surface area (Å²) in [7, 11) is 0. The Morgan fingerprint density at radius 2 is 1.85 bits per heavy atom. The van der Waals surface area contributed by atoms with Gasteiger partial charge in [-0.25, -0.2) is 4.98 Å².